The molecule has 0 aliphatic heterocycles. The summed E-state index contributed by atoms with van der Waals surface area (Å²) in [4.78, 5) is 0. The molecule has 0 N–H and O–H groups in total. The largest absolute Gasteiger partial charge is 0.496 e. The molecule has 0 spiro atoms. The summed E-state index contributed by atoms with van der Waals surface area (Å²) >= 11 is 0. The molecule has 124 valence electrons. The van der Waals surface area contributed by atoms with Crippen LogP contribution in [-0.2, 0) is 0 Å². The van der Waals surface area contributed by atoms with E-state index in [1.807, 2.05) is 18.2 Å². The Labute approximate surface area is 135 Å². The summed E-state index contributed by atoms with van der Waals surface area (Å²) in [6, 6.07) is 3.84. The summed E-state index contributed by atoms with van der Waals surface area (Å²) in [5.74, 6) is 3.05. The monoisotopic (exact) mass is 306 g/mol. The highest BCUT2D eigenvalue weighted by atomic mass is 16.5. The molecule has 0 radical (unpaired) electrons. The van der Waals surface area contributed by atoms with Crippen LogP contribution in [0.1, 0.15) is 45.6 Å². The van der Waals surface area contributed by atoms with Crippen molar-refractivity contribution in [2.45, 2.75) is 40.0 Å². The van der Waals surface area contributed by atoms with E-state index in [1.54, 1.807) is 21.3 Å². The smallest absolute Gasteiger partial charge is 0.129 e. The molecule has 0 aliphatic carbocycles. The molecule has 0 saturated heterocycles. The van der Waals surface area contributed by atoms with Gasteiger partial charge < -0.3 is 14.2 Å². The molecule has 2 atom stereocenters. The minimum absolute atomic E-state index is 0.170. The number of allylic oxidation sites excluding steroid dienone is 1. The Balaban J connectivity index is 3.49. The number of hydrogen-bond acceptors (Lipinski definition) is 3. The van der Waals surface area contributed by atoms with Gasteiger partial charge >= 0.3 is 0 Å². The van der Waals surface area contributed by atoms with E-state index in [9.17, 15) is 0 Å². The molecule has 0 saturated carbocycles. The summed E-state index contributed by atoms with van der Waals surface area (Å²) in [5.41, 5.74) is 1.26. The number of rotatable bonds is 7. The van der Waals surface area contributed by atoms with Crippen molar-refractivity contribution < 1.29 is 14.2 Å². The molecule has 0 bridgehead atoms. The minimum atomic E-state index is 0.170. The van der Waals surface area contributed by atoms with Crippen LogP contribution in [0.25, 0.3) is 0 Å². The fourth-order valence-corrected chi connectivity index (χ4v) is 2.75. The zero-order chi connectivity index (χ0) is 16.9. The molecule has 3 nitrogen and oxygen atoms in total. The Morgan fingerprint density at radius 2 is 1.55 bits per heavy atom. The number of benzene rings is 1. The molecule has 0 heterocycles. The molecule has 0 unspecified atom stereocenters. The second-order valence-electron chi connectivity index (χ2n) is 6.73. The van der Waals surface area contributed by atoms with Crippen molar-refractivity contribution in [1.29, 1.82) is 0 Å². The van der Waals surface area contributed by atoms with Crippen molar-refractivity contribution in [3.8, 4) is 17.2 Å². The average molecular weight is 306 g/mol. The first-order chi connectivity index (χ1) is 10.3. The molecule has 0 aliphatic rings. The SMILES string of the molecule is C=CC[C@H](c1c(OC)cc(OC)cc1OC)[C@H](C)C(C)(C)C. The van der Waals surface area contributed by atoms with E-state index in [0.717, 1.165) is 29.2 Å². The predicted octanol–water partition coefficient (Wildman–Crippen LogP) is 5.05. The molecule has 0 fully saturated rings. The lowest BCUT2D eigenvalue weighted by atomic mass is 9.70. The van der Waals surface area contributed by atoms with E-state index in [0.29, 0.717) is 5.92 Å². The van der Waals surface area contributed by atoms with Gasteiger partial charge in [-0.25, -0.2) is 0 Å². The number of hydrogen-bond donors (Lipinski definition) is 0. The summed E-state index contributed by atoms with van der Waals surface area (Å²) in [5, 5.41) is 0. The molecule has 3 heteroatoms. The maximum Gasteiger partial charge on any atom is 0.129 e. The third-order valence-corrected chi connectivity index (χ3v) is 4.51. The zero-order valence-electron chi connectivity index (χ0n) is 15.0. The second-order valence-corrected chi connectivity index (χ2v) is 6.73. The fraction of sp³-hybridized carbons (Fsp3) is 0.579. The van der Waals surface area contributed by atoms with Crippen molar-refractivity contribution in [3.05, 3.63) is 30.4 Å². The van der Waals surface area contributed by atoms with Crippen molar-refractivity contribution in [2.75, 3.05) is 21.3 Å². The molecular formula is C19H30O3. The zero-order valence-corrected chi connectivity index (χ0v) is 15.0. The average Bonchev–Trinajstić information content (AvgIpc) is 2.49. The van der Waals surface area contributed by atoms with Crippen molar-refractivity contribution in [2.24, 2.45) is 11.3 Å². The number of methoxy groups -OCH3 is 3. The second kappa shape index (κ2) is 7.57. The Morgan fingerprint density at radius 3 is 1.86 bits per heavy atom. The Morgan fingerprint density at radius 1 is 1.05 bits per heavy atom. The summed E-state index contributed by atoms with van der Waals surface area (Å²) in [6.07, 6.45) is 2.84. The van der Waals surface area contributed by atoms with Crippen molar-refractivity contribution >= 4 is 0 Å². The van der Waals surface area contributed by atoms with E-state index >= 15 is 0 Å². The molecule has 1 aromatic rings. The van der Waals surface area contributed by atoms with E-state index < -0.39 is 0 Å². The molecule has 0 amide bonds. The van der Waals surface area contributed by atoms with E-state index in [-0.39, 0.29) is 11.3 Å². The van der Waals surface area contributed by atoms with Crippen LogP contribution in [-0.4, -0.2) is 21.3 Å². The minimum Gasteiger partial charge on any atom is -0.496 e. The first kappa shape index (κ1) is 18.4. The van der Waals surface area contributed by atoms with Crippen molar-refractivity contribution in [1.82, 2.24) is 0 Å². The molecular weight excluding hydrogens is 276 g/mol. The Kier molecular flexibility index (Phi) is 6.34. The maximum absolute atomic E-state index is 5.63. The highest BCUT2D eigenvalue weighted by molar-refractivity contribution is 5.53. The van der Waals surface area contributed by atoms with Gasteiger partial charge in [0.2, 0.25) is 0 Å². The normalized spacial score (nSPS) is 14.1. The highest BCUT2D eigenvalue weighted by Gasteiger charge is 2.32. The van der Waals surface area contributed by atoms with Crippen LogP contribution in [0.3, 0.4) is 0 Å². The molecule has 1 rings (SSSR count). The summed E-state index contributed by atoms with van der Waals surface area (Å²) in [6.45, 7) is 13.0. The topological polar surface area (TPSA) is 27.7 Å². The predicted molar refractivity (Wildman–Crippen MR) is 92.3 cm³/mol. The lowest BCUT2D eigenvalue weighted by Crippen LogP contribution is -2.25. The van der Waals surface area contributed by atoms with Crippen LogP contribution in [0.5, 0.6) is 17.2 Å². The van der Waals surface area contributed by atoms with Crippen LogP contribution >= 0.6 is 0 Å². The van der Waals surface area contributed by atoms with Crippen LogP contribution in [0.15, 0.2) is 24.8 Å². The van der Waals surface area contributed by atoms with Gasteiger partial charge in [0.25, 0.3) is 0 Å². The molecule has 22 heavy (non-hydrogen) atoms. The quantitative estimate of drug-likeness (QED) is 0.659. The first-order valence-electron chi connectivity index (χ1n) is 7.70. The van der Waals surface area contributed by atoms with Gasteiger partial charge in [0.1, 0.15) is 17.2 Å². The molecule has 1 aromatic carbocycles. The third kappa shape index (κ3) is 3.96. The van der Waals surface area contributed by atoms with Crippen LogP contribution in [0.2, 0.25) is 0 Å². The first-order valence-corrected chi connectivity index (χ1v) is 7.70. The standard InChI is InChI=1S/C19H30O3/c1-9-10-15(13(2)19(3,4)5)18-16(21-7)11-14(20-6)12-17(18)22-8/h9,11-13,15H,1,10H2,2-8H3/t13-,15-/m0/s1. The van der Waals surface area contributed by atoms with Gasteiger partial charge in [-0.3, -0.25) is 0 Å². The third-order valence-electron chi connectivity index (χ3n) is 4.51. The van der Waals surface area contributed by atoms with Gasteiger partial charge in [-0.1, -0.05) is 33.8 Å². The van der Waals surface area contributed by atoms with Crippen LogP contribution in [0, 0.1) is 11.3 Å². The van der Waals surface area contributed by atoms with Gasteiger partial charge in [0.15, 0.2) is 0 Å². The maximum atomic E-state index is 5.63. The summed E-state index contributed by atoms with van der Waals surface area (Å²) < 4.78 is 16.6. The van der Waals surface area contributed by atoms with Gasteiger partial charge in [-0.05, 0) is 23.7 Å². The van der Waals surface area contributed by atoms with Crippen LogP contribution < -0.4 is 14.2 Å². The lowest BCUT2D eigenvalue weighted by molar-refractivity contribution is 0.214. The fourth-order valence-electron chi connectivity index (χ4n) is 2.75. The summed E-state index contributed by atoms with van der Waals surface area (Å²) in [7, 11) is 5.02. The van der Waals surface area contributed by atoms with Crippen LogP contribution in [0.4, 0.5) is 0 Å². The van der Waals surface area contributed by atoms with Gasteiger partial charge in [-0.15, -0.1) is 6.58 Å². The van der Waals surface area contributed by atoms with Gasteiger partial charge in [-0.2, -0.15) is 0 Å². The molecule has 0 aromatic heterocycles. The van der Waals surface area contributed by atoms with Gasteiger partial charge in [0, 0.05) is 17.7 Å². The highest BCUT2D eigenvalue weighted by Crippen LogP contribution is 2.47. The van der Waals surface area contributed by atoms with E-state index in [2.05, 4.69) is 34.3 Å². The lowest BCUT2D eigenvalue weighted by Gasteiger charge is -2.35. The Bertz CT molecular complexity index is 475. The Hall–Kier alpha value is -1.64. The van der Waals surface area contributed by atoms with Gasteiger partial charge in [0.05, 0.1) is 21.3 Å². The van der Waals surface area contributed by atoms with Crippen molar-refractivity contribution in [3.63, 3.8) is 0 Å². The van der Waals surface area contributed by atoms with E-state index in [4.69, 9.17) is 14.2 Å². The number of ether oxygens (including phenoxy) is 3. The van der Waals surface area contributed by atoms with E-state index in [1.165, 1.54) is 0 Å².